The van der Waals surface area contributed by atoms with Crippen molar-refractivity contribution in [3.05, 3.63) is 0 Å². The van der Waals surface area contributed by atoms with E-state index >= 15 is 0 Å². The van der Waals surface area contributed by atoms with Crippen LogP contribution in [0.5, 0.6) is 0 Å². The lowest BCUT2D eigenvalue weighted by atomic mass is 9.78. The van der Waals surface area contributed by atoms with E-state index in [1.54, 1.807) is 0 Å². The molecule has 2 saturated heterocycles. The van der Waals surface area contributed by atoms with Crippen LogP contribution >= 0.6 is 0 Å². The molecule has 1 N–H and O–H groups in total. The molecule has 1 atom stereocenters. The van der Waals surface area contributed by atoms with E-state index in [4.69, 9.17) is 0 Å². The Labute approximate surface area is 126 Å². The van der Waals surface area contributed by atoms with Gasteiger partial charge in [-0.2, -0.15) is 0 Å². The molecule has 1 aliphatic carbocycles. The van der Waals surface area contributed by atoms with Crippen LogP contribution in [-0.4, -0.2) is 51.3 Å². The van der Waals surface area contributed by atoms with Gasteiger partial charge in [0, 0.05) is 53.0 Å². The molecule has 0 radical (unpaired) electrons. The summed E-state index contributed by atoms with van der Waals surface area (Å²) < 4.78 is 11.6. The van der Waals surface area contributed by atoms with Crippen molar-refractivity contribution < 1.29 is 4.21 Å². The Morgan fingerprint density at radius 3 is 2.55 bits per heavy atom. The Hall–Kier alpha value is 0.0700. The summed E-state index contributed by atoms with van der Waals surface area (Å²) >= 11 is 0. The Bertz CT molecular complexity index is 344. The second-order valence-electron chi connectivity index (χ2n) is 7.04. The molecule has 3 aliphatic rings. The third kappa shape index (κ3) is 3.12. The van der Waals surface area contributed by atoms with Crippen LogP contribution in [0.2, 0.25) is 0 Å². The van der Waals surface area contributed by atoms with Gasteiger partial charge in [0.1, 0.15) is 0 Å². The summed E-state index contributed by atoms with van der Waals surface area (Å²) in [5, 5.41) is 3.91. The molecule has 1 unspecified atom stereocenters. The summed E-state index contributed by atoms with van der Waals surface area (Å²) in [5.41, 5.74) is 0.403. The molecule has 0 aromatic rings. The highest BCUT2D eigenvalue weighted by molar-refractivity contribution is 7.85. The van der Waals surface area contributed by atoms with E-state index in [1.165, 1.54) is 45.1 Å². The zero-order valence-electron chi connectivity index (χ0n) is 12.9. The van der Waals surface area contributed by atoms with E-state index in [9.17, 15) is 4.21 Å². The van der Waals surface area contributed by atoms with E-state index in [1.807, 2.05) is 0 Å². The molecule has 2 aliphatic heterocycles. The van der Waals surface area contributed by atoms with Gasteiger partial charge in [-0.1, -0.05) is 26.2 Å². The molecule has 116 valence electrons. The lowest BCUT2D eigenvalue weighted by Crippen LogP contribution is -2.67. The molecular formula is C16H30N2OS. The van der Waals surface area contributed by atoms with Crippen molar-refractivity contribution in [2.24, 2.45) is 0 Å². The average Bonchev–Trinajstić information content (AvgIpc) is 2.49. The molecule has 0 aromatic carbocycles. The minimum atomic E-state index is -0.534. The molecule has 2 heterocycles. The predicted molar refractivity (Wildman–Crippen MR) is 85.5 cm³/mol. The van der Waals surface area contributed by atoms with Crippen LogP contribution in [-0.2, 0) is 10.8 Å². The van der Waals surface area contributed by atoms with Gasteiger partial charge in [-0.05, 0) is 32.1 Å². The number of rotatable bonds is 2. The first kappa shape index (κ1) is 15.0. The van der Waals surface area contributed by atoms with Gasteiger partial charge in [0.2, 0.25) is 0 Å². The Morgan fingerprint density at radius 2 is 1.90 bits per heavy atom. The number of nitrogens with one attached hydrogen (secondary N) is 1. The summed E-state index contributed by atoms with van der Waals surface area (Å²) in [6.45, 7) is 4.72. The van der Waals surface area contributed by atoms with Gasteiger partial charge >= 0.3 is 0 Å². The standard InChI is InChI=1S/C16H30N2OS/c1-2-14-12-17-16(8-4-3-5-9-16)13-18(14)15-6-10-20(19)11-7-15/h14-15,17H,2-13H2,1H3. The monoisotopic (exact) mass is 298 g/mol. The molecule has 4 heteroatoms. The second kappa shape index (κ2) is 6.45. The van der Waals surface area contributed by atoms with Gasteiger partial charge in [0.25, 0.3) is 0 Å². The van der Waals surface area contributed by atoms with Crippen LogP contribution in [0.15, 0.2) is 0 Å². The summed E-state index contributed by atoms with van der Waals surface area (Å²) in [4.78, 5) is 2.80. The first-order chi connectivity index (χ1) is 9.72. The Balaban J connectivity index is 1.69. The minimum Gasteiger partial charge on any atom is -0.308 e. The maximum atomic E-state index is 11.6. The van der Waals surface area contributed by atoms with Crippen LogP contribution in [0.1, 0.15) is 58.3 Å². The second-order valence-corrected chi connectivity index (χ2v) is 8.73. The molecule has 0 aromatic heterocycles. The van der Waals surface area contributed by atoms with E-state index in [0.717, 1.165) is 30.9 Å². The van der Waals surface area contributed by atoms with Gasteiger partial charge < -0.3 is 5.32 Å². The summed E-state index contributed by atoms with van der Waals surface area (Å²) in [5.74, 6) is 1.86. The first-order valence-corrected chi connectivity index (χ1v) is 10.1. The van der Waals surface area contributed by atoms with Gasteiger partial charge in [-0.3, -0.25) is 9.11 Å². The van der Waals surface area contributed by atoms with Crippen LogP contribution in [0.25, 0.3) is 0 Å². The topological polar surface area (TPSA) is 32.3 Å². The smallest absolute Gasteiger partial charge is 0.0309 e. The number of piperazine rings is 1. The maximum Gasteiger partial charge on any atom is 0.0309 e. The normalized spacial score (nSPS) is 39.0. The highest BCUT2D eigenvalue weighted by Gasteiger charge is 2.42. The van der Waals surface area contributed by atoms with E-state index in [-0.39, 0.29) is 0 Å². The molecule has 20 heavy (non-hydrogen) atoms. The van der Waals surface area contributed by atoms with Crippen LogP contribution in [0.4, 0.5) is 0 Å². The van der Waals surface area contributed by atoms with Crippen molar-refractivity contribution in [2.45, 2.75) is 75.9 Å². The fraction of sp³-hybridized carbons (Fsp3) is 1.00. The summed E-state index contributed by atoms with van der Waals surface area (Å²) in [6, 6.07) is 1.39. The predicted octanol–water partition coefficient (Wildman–Crippen LogP) is 2.28. The van der Waals surface area contributed by atoms with Gasteiger partial charge in [0.15, 0.2) is 0 Å². The van der Waals surface area contributed by atoms with Gasteiger partial charge in [0.05, 0.1) is 0 Å². The van der Waals surface area contributed by atoms with Crippen molar-refractivity contribution in [1.29, 1.82) is 0 Å². The molecule has 3 nitrogen and oxygen atoms in total. The Kier molecular flexibility index (Phi) is 4.83. The lowest BCUT2D eigenvalue weighted by Gasteiger charge is -2.52. The molecular weight excluding hydrogens is 268 g/mol. The average molecular weight is 298 g/mol. The van der Waals surface area contributed by atoms with E-state index in [2.05, 4.69) is 17.1 Å². The molecule has 0 amide bonds. The largest absolute Gasteiger partial charge is 0.308 e. The number of hydrogen-bond acceptors (Lipinski definition) is 3. The highest BCUT2D eigenvalue weighted by atomic mass is 32.2. The first-order valence-electron chi connectivity index (χ1n) is 8.58. The van der Waals surface area contributed by atoms with Crippen molar-refractivity contribution in [2.75, 3.05) is 24.6 Å². The molecule has 1 spiro atoms. The third-order valence-corrected chi connectivity index (χ3v) is 7.16. The van der Waals surface area contributed by atoms with Gasteiger partial charge in [-0.25, -0.2) is 0 Å². The SMILES string of the molecule is CCC1CNC2(CCCCC2)CN1C1CCS(=O)CC1. The van der Waals surface area contributed by atoms with Crippen LogP contribution < -0.4 is 5.32 Å². The third-order valence-electron chi connectivity index (χ3n) is 5.78. The van der Waals surface area contributed by atoms with Crippen LogP contribution in [0, 0.1) is 0 Å². The van der Waals surface area contributed by atoms with E-state index < -0.39 is 10.8 Å². The summed E-state index contributed by atoms with van der Waals surface area (Å²) in [6.07, 6.45) is 10.5. The fourth-order valence-electron chi connectivity index (χ4n) is 4.47. The fourth-order valence-corrected chi connectivity index (χ4v) is 5.74. The van der Waals surface area contributed by atoms with Crippen LogP contribution in [0.3, 0.4) is 0 Å². The van der Waals surface area contributed by atoms with E-state index in [0.29, 0.717) is 17.6 Å². The summed E-state index contributed by atoms with van der Waals surface area (Å²) in [7, 11) is -0.534. The van der Waals surface area contributed by atoms with Crippen molar-refractivity contribution in [3.63, 3.8) is 0 Å². The minimum absolute atomic E-state index is 0.403. The number of nitrogens with zero attached hydrogens (tertiary/aromatic N) is 1. The quantitative estimate of drug-likeness (QED) is 0.849. The lowest BCUT2D eigenvalue weighted by molar-refractivity contribution is 0.0195. The zero-order chi connectivity index (χ0) is 14.0. The molecule has 3 fully saturated rings. The molecule has 1 saturated carbocycles. The van der Waals surface area contributed by atoms with Crippen molar-refractivity contribution in [3.8, 4) is 0 Å². The molecule has 3 rings (SSSR count). The maximum absolute atomic E-state index is 11.6. The highest BCUT2D eigenvalue weighted by Crippen LogP contribution is 2.34. The molecule has 0 bridgehead atoms. The van der Waals surface area contributed by atoms with Crippen molar-refractivity contribution >= 4 is 10.8 Å². The zero-order valence-corrected chi connectivity index (χ0v) is 13.7. The Morgan fingerprint density at radius 1 is 1.20 bits per heavy atom. The van der Waals surface area contributed by atoms with Gasteiger partial charge in [-0.15, -0.1) is 0 Å². The van der Waals surface area contributed by atoms with Crippen molar-refractivity contribution in [1.82, 2.24) is 10.2 Å². The number of hydrogen-bond donors (Lipinski definition) is 1.